The highest BCUT2D eigenvalue weighted by Gasteiger charge is 2.42. The van der Waals surface area contributed by atoms with Crippen LogP contribution in [-0.2, 0) is 19.4 Å². The molecule has 1 fully saturated rings. The van der Waals surface area contributed by atoms with Crippen molar-refractivity contribution in [3.05, 3.63) is 30.5 Å². The molecule has 0 bridgehead atoms. The van der Waals surface area contributed by atoms with Crippen molar-refractivity contribution in [1.82, 2.24) is 0 Å². The van der Waals surface area contributed by atoms with Crippen LogP contribution in [0.1, 0.15) is 12.8 Å². The summed E-state index contributed by atoms with van der Waals surface area (Å²) in [6.45, 7) is 0.778. The molecule has 7 heteroatoms. The number of fused-ring (bicyclic) bond motifs is 1. The van der Waals surface area contributed by atoms with Gasteiger partial charge in [0.15, 0.2) is 0 Å². The van der Waals surface area contributed by atoms with E-state index >= 15 is 0 Å². The Bertz CT molecular complexity index is 818. The molecule has 0 radical (unpaired) electrons. The maximum Gasteiger partial charge on any atom is 0.231 e. The average molecular weight is 337 g/mol. The number of nitrogens with one attached hydrogen (secondary N) is 1. The van der Waals surface area contributed by atoms with Gasteiger partial charge in [0.2, 0.25) is 5.91 Å². The zero-order valence-electron chi connectivity index (χ0n) is 12.9. The molecular weight excluding hydrogens is 318 g/mol. The molecular formula is C16H19NO5S. The lowest BCUT2D eigenvalue weighted by Gasteiger charge is -2.35. The lowest BCUT2D eigenvalue weighted by molar-refractivity contribution is -0.129. The van der Waals surface area contributed by atoms with Gasteiger partial charge in [0.05, 0.1) is 17.4 Å². The van der Waals surface area contributed by atoms with Crippen molar-refractivity contribution < 1.29 is 22.4 Å². The summed E-state index contributed by atoms with van der Waals surface area (Å²) in [6.07, 6.45) is 3.54. The van der Waals surface area contributed by atoms with Crippen molar-refractivity contribution in [3.8, 4) is 0 Å². The molecule has 6 nitrogen and oxygen atoms in total. The number of anilines is 1. The maximum atomic E-state index is 12.8. The Morgan fingerprint density at radius 2 is 2.00 bits per heavy atom. The Balaban J connectivity index is 1.85. The molecule has 0 spiro atoms. The van der Waals surface area contributed by atoms with Gasteiger partial charge in [-0.15, -0.1) is 0 Å². The second-order valence-electron chi connectivity index (χ2n) is 6.09. The first-order valence-electron chi connectivity index (χ1n) is 7.42. The van der Waals surface area contributed by atoms with Gasteiger partial charge in [0.25, 0.3) is 0 Å². The SMILES string of the molecule is CS(=O)(=O)CC1(C(=O)Nc2ccc3ccoc3c2)CCOCC1. The molecule has 23 heavy (non-hydrogen) atoms. The predicted molar refractivity (Wildman–Crippen MR) is 87.0 cm³/mol. The molecule has 0 unspecified atom stereocenters. The van der Waals surface area contributed by atoms with Crippen LogP contribution in [-0.4, -0.2) is 39.5 Å². The Morgan fingerprint density at radius 3 is 2.70 bits per heavy atom. The zero-order chi connectivity index (χ0) is 16.5. The van der Waals surface area contributed by atoms with Crippen molar-refractivity contribution in [2.45, 2.75) is 12.8 Å². The molecule has 124 valence electrons. The topological polar surface area (TPSA) is 85.6 Å². The minimum absolute atomic E-state index is 0.168. The summed E-state index contributed by atoms with van der Waals surface area (Å²) in [5.41, 5.74) is 0.327. The fourth-order valence-electron chi connectivity index (χ4n) is 3.00. The second-order valence-corrected chi connectivity index (χ2v) is 8.23. The molecule has 1 aromatic carbocycles. The van der Waals surface area contributed by atoms with Gasteiger partial charge < -0.3 is 14.5 Å². The van der Waals surface area contributed by atoms with E-state index in [2.05, 4.69) is 5.32 Å². The van der Waals surface area contributed by atoms with E-state index in [0.29, 0.717) is 37.3 Å². The lowest BCUT2D eigenvalue weighted by Crippen LogP contribution is -2.45. The van der Waals surface area contributed by atoms with Gasteiger partial charge in [-0.25, -0.2) is 8.42 Å². The van der Waals surface area contributed by atoms with Gasteiger partial charge in [-0.05, 0) is 31.0 Å². The van der Waals surface area contributed by atoms with Crippen molar-refractivity contribution in [3.63, 3.8) is 0 Å². The standard InChI is InChI=1S/C16H19NO5S/c1-23(19,20)11-16(5-8-21-9-6-16)15(18)17-13-3-2-12-4-7-22-14(12)10-13/h2-4,7,10H,5-6,8-9,11H2,1H3,(H,17,18). The number of furan rings is 1. The van der Waals surface area contributed by atoms with E-state index in [1.54, 1.807) is 18.4 Å². The summed E-state index contributed by atoms with van der Waals surface area (Å²) in [5.74, 6) is -0.449. The second kappa shape index (κ2) is 5.98. The van der Waals surface area contributed by atoms with Crippen LogP contribution in [0.3, 0.4) is 0 Å². The molecule has 0 atom stereocenters. The largest absolute Gasteiger partial charge is 0.464 e. The van der Waals surface area contributed by atoms with E-state index in [1.165, 1.54) is 0 Å². The van der Waals surface area contributed by atoms with Gasteiger partial charge >= 0.3 is 0 Å². The number of hydrogen-bond acceptors (Lipinski definition) is 5. The molecule has 1 saturated heterocycles. The third-order valence-electron chi connectivity index (χ3n) is 4.18. The first-order chi connectivity index (χ1) is 10.9. The molecule has 2 heterocycles. The average Bonchev–Trinajstić information content (AvgIpc) is 2.94. The fourth-order valence-corrected chi connectivity index (χ4v) is 4.42. The Morgan fingerprint density at radius 1 is 1.26 bits per heavy atom. The lowest BCUT2D eigenvalue weighted by atomic mass is 9.81. The minimum Gasteiger partial charge on any atom is -0.464 e. The summed E-state index contributed by atoms with van der Waals surface area (Å²) in [6, 6.07) is 7.20. The first kappa shape index (κ1) is 16.0. The molecule has 0 saturated carbocycles. The molecule has 1 aliphatic rings. The Labute approximate surface area is 134 Å². The van der Waals surface area contributed by atoms with Crippen LogP contribution in [0.2, 0.25) is 0 Å². The van der Waals surface area contributed by atoms with Crippen molar-refractivity contribution in [2.24, 2.45) is 5.41 Å². The maximum absolute atomic E-state index is 12.8. The van der Waals surface area contributed by atoms with Crippen LogP contribution in [0, 0.1) is 5.41 Å². The van der Waals surface area contributed by atoms with Crippen LogP contribution in [0.4, 0.5) is 5.69 Å². The molecule has 1 aliphatic heterocycles. The normalized spacial score (nSPS) is 18.0. The fraction of sp³-hybridized carbons (Fsp3) is 0.438. The van der Waals surface area contributed by atoms with Crippen LogP contribution in [0.5, 0.6) is 0 Å². The van der Waals surface area contributed by atoms with E-state index in [9.17, 15) is 13.2 Å². The van der Waals surface area contributed by atoms with E-state index < -0.39 is 15.3 Å². The number of amides is 1. The van der Waals surface area contributed by atoms with Crippen LogP contribution < -0.4 is 5.32 Å². The van der Waals surface area contributed by atoms with Crippen LogP contribution in [0.15, 0.2) is 34.9 Å². The Kier molecular flexibility index (Phi) is 4.16. The first-order valence-corrected chi connectivity index (χ1v) is 9.48. The smallest absolute Gasteiger partial charge is 0.231 e. The molecule has 2 aromatic rings. The van der Waals surface area contributed by atoms with E-state index in [1.807, 2.05) is 12.1 Å². The summed E-state index contributed by atoms with van der Waals surface area (Å²) in [7, 11) is -3.28. The highest BCUT2D eigenvalue weighted by atomic mass is 32.2. The van der Waals surface area contributed by atoms with Crippen LogP contribution >= 0.6 is 0 Å². The number of benzene rings is 1. The number of ether oxygens (including phenoxy) is 1. The van der Waals surface area contributed by atoms with Gasteiger partial charge in [-0.3, -0.25) is 4.79 Å². The number of carbonyl (C=O) groups is 1. The molecule has 0 aliphatic carbocycles. The van der Waals surface area contributed by atoms with E-state index in [0.717, 1.165) is 11.6 Å². The minimum atomic E-state index is -3.28. The predicted octanol–water partition coefficient (Wildman–Crippen LogP) is 2.21. The third-order valence-corrected chi connectivity index (χ3v) is 5.26. The number of hydrogen-bond donors (Lipinski definition) is 1. The molecule has 3 rings (SSSR count). The quantitative estimate of drug-likeness (QED) is 0.924. The summed E-state index contributed by atoms with van der Waals surface area (Å²) in [5, 5.41) is 3.78. The summed E-state index contributed by atoms with van der Waals surface area (Å²) in [4.78, 5) is 12.8. The number of rotatable bonds is 4. The van der Waals surface area contributed by atoms with Gasteiger partial charge in [0, 0.05) is 36.6 Å². The van der Waals surface area contributed by atoms with Gasteiger partial charge in [-0.2, -0.15) is 0 Å². The third kappa shape index (κ3) is 3.56. The van der Waals surface area contributed by atoms with Crippen LogP contribution in [0.25, 0.3) is 11.0 Å². The molecule has 1 aromatic heterocycles. The summed E-state index contributed by atoms with van der Waals surface area (Å²) < 4.78 is 34.2. The van der Waals surface area contributed by atoms with Crippen molar-refractivity contribution in [2.75, 3.05) is 30.5 Å². The van der Waals surface area contributed by atoms with E-state index in [4.69, 9.17) is 9.15 Å². The molecule has 1 N–H and O–H groups in total. The summed E-state index contributed by atoms with van der Waals surface area (Å²) >= 11 is 0. The highest BCUT2D eigenvalue weighted by Crippen LogP contribution is 2.34. The monoisotopic (exact) mass is 337 g/mol. The number of carbonyl (C=O) groups excluding carboxylic acids is 1. The molecule has 1 amide bonds. The van der Waals surface area contributed by atoms with E-state index in [-0.39, 0.29) is 11.7 Å². The van der Waals surface area contributed by atoms with Gasteiger partial charge in [-0.1, -0.05) is 0 Å². The zero-order valence-corrected chi connectivity index (χ0v) is 13.7. The van der Waals surface area contributed by atoms with Crippen molar-refractivity contribution >= 4 is 32.4 Å². The Hall–Kier alpha value is -1.86. The van der Waals surface area contributed by atoms with Crippen molar-refractivity contribution in [1.29, 1.82) is 0 Å². The highest BCUT2D eigenvalue weighted by molar-refractivity contribution is 7.90. The van der Waals surface area contributed by atoms with Gasteiger partial charge in [0.1, 0.15) is 15.4 Å². The number of sulfone groups is 1.